The van der Waals surface area contributed by atoms with Crippen LogP contribution in [0.15, 0.2) is 18.2 Å². The topological polar surface area (TPSA) is 103 Å². The van der Waals surface area contributed by atoms with Gasteiger partial charge in [-0.25, -0.2) is 8.42 Å². The largest absolute Gasteiger partial charge is 0.417 e. The summed E-state index contributed by atoms with van der Waals surface area (Å²) in [5.41, 5.74) is -1.55. The molecular weight excluding hydrogens is 425 g/mol. The van der Waals surface area contributed by atoms with Crippen LogP contribution in [0.1, 0.15) is 18.1 Å². The van der Waals surface area contributed by atoms with Crippen LogP contribution in [0.5, 0.6) is 0 Å². The molecule has 8 nitrogen and oxygen atoms in total. The van der Waals surface area contributed by atoms with Gasteiger partial charge in [-0.1, -0.05) is 0 Å². The van der Waals surface area contributed by atoms with Crippen LogP contribution >= 0.6 is 0 Å². The molecule has 12 heteroatoms. The number of alkyl halides is 3. The minimum absolute atomic E-state index is 0.0186. The lowest BCUT2D eigenvalue weighted by molar-refractivity contribution is -0.137. The number of methoxy groups -OCH3 is 1. The molecule has 1 heterocycles. The highest BCUT2D eigenvalue weighted by molar-refractivity contribution is 7.89. The minimum atomic E-state index is -4.75. The minimum Gasteiger partial charge on any atom is -0.383 e. The maximum atomic E-state index is 13.4. The molecule has 2 rings (SSSR count). The Labute approximate surface area is 173 Å². The van der Waals surface area contributed by atoms with Crippen LogP contribution in [0.3, 0.4) is 0 Å². The van der Waals surface area contributed by atoms with E-state index in [2.05, 4.69) is 5.32 Å². The number of amides is 1. The van der Waals surface area contributed by atoms with Crippen LogP contribution in [-0.4, -0.2) is 70.3 Å². The third kappa shape index (κ3) is 5.41. The SMILES string of the molecule is CCS(=O)(=O)N1CCN(c2ccc(C#N)c(C(F)(F)F)c2)C(C(=O)NCCOC)C1. The lowest BCUT2D eigenvalue weighted by Crippen LogP contribution is -2.60. The Hall–Kier alpha value is -2.36. The van der Waals surface area contributed by atoms with E-state index in [0.29, 0.717) is 0 Å². The summed E-state index contributed by atoms with van der Waals surface area (Å²) < 4.78 is 70.6. The fourth-order valence-corrected chi connectivity index (χ4v) is 4.26. The molecule has 0 aliphatic carbocycles. The lowest BCUT2D eigenvalue weighted by atomic mass is 10.0. The maximum Gasteiger partial charge on any atom is 0.417 e. The lowest BCUT2D eigenvalue weighted by Gasteiger charge is -2.41. The molecule has 166 valence electrons. The molecule has 0 spiro atoms. The number of piperazine rings is 1. The van der Waals surface area contributed by atoms with Gasteiger partial charge in [-0.3, -0.25) is 4.79 Å². The first-order chi connectivity index (χ1) is 14.0. The van der Waals surface area contributed by atoms with Crippen LogP contribution < -0.4 is 10.2 Å². The van der Waals surface area contributed by atoms with Gasteiger partial charge in [0.25, 0.3) is 0 Å². The number of nitriles is 1. The number of carbonyl (C=O) groups is 1. The summed E-state index contributed by atoms with van der Waals surface area (Å²) in [4.78, 5) is 14.1. The number of hydrogen-bond acceptors (Lipinski definition) is 6. The van der Waals surface area contributed by atoms with Crippen molar-refractivity contribution in [2.24, 2.45) is 0 Å². The molecule has 1 aromatic carbocycles. The van der Waals surface area contributed by atoms with E-state index in [1.165, 1.54) is 35.4 Å². The van der Waals surface area contributed by atoms with Gasteiger partial charge >= 0.3 is 6.18 Å². The second-order valence-electron chi connectivity index (χ2n) is 6.59. The van der Waals surface area contributed by atoms with E-state index in [1.54, 1.807) is 0 Å². The molecule has 0 radical (unpaired) electrons. The number of anilines is 1. The van der Waals surface area contributed by atoms with Crippen LogP contribution in [0.4, 0.5) is 18.9 Å². The van der Waals surface area contributed by atoms with Crippen LogP contribution in [0.2, 0.25) is 0 Å². The van der Waals surface area contributed by atoms with Crippen molar-refractivity contribution in [2.75, 3.05) is 50.5 Å². The predicted molar refractivity (Wildman–Crippen MR) is 103 cm³/mol. The van der Waals surface area contributed by atoms with E-state index in [0.717, 1.165) is 12.1 Å². The molecule has 1 fully saturated rings. The summed E-state index contributed by atoms with van der Waals surface area (Å²) in [6, 6.07) is 3.67. The van der Waals surface area contributed by atoms with Crippen molar-refractivity contribution in [3.63, 3.8) is 0 Å². The average Bonchev–Trinajstić information content (AvgIpc) is 2.72. The molecule has 0 aromatic heterocycles. The third-order valence-electron chi connectivity index (χ3n) is 4.77. The smallest absolute Gasteiger partial charge is 0.383 e. The van der Waals surface area contributed by atoms with Gasteiger partial charge in [-0.2, -0.15) is 22.7 Å². The van der Waals surface area contributed by atoms with E-state index in [4.69, 9.17) is 10.00 Å². The highest BCUT2D eigenvalue weighted by Crippen LogP contribution is 2.35. The van der Waals surface area contributed by atoms with Gasteiger partial charge < -0.3 is 15.0 Å². The Balaban J connectivity index is 2.41. The Morgan fingerprint density at radius 1 is 1.37 bits per heavy atom. The van der Waals surface area contributed by atoms with Gasteiger partial charge in [-0.15, -0.1) is 0 Å². The highest BCUT2D eigenvalue weighted by atomic mass is 32.2. The van der Waals surface area contributed by atoms with Crippen molar-refractivity contribution >= 4 is 21.6 Å². The second-order valence-corrected chi connectivity index (χ2v) is 8.85. The average molecular weight is 448 g/mol. The normalized spacial score (nSPS) is 18.1. The van der Waals surface area contributed by atoms with E-state index >= 15 is 0 Å². The molecule has 30 heavy (non-hydrogen) atoms. The first kappa shape index (κ1) is 23.9. The van der Waals surface area contributed by atoms with Gasteiger partial charge in [0.2, 0.25) is 15.9 Å². The number of benzene rings is 1. The highest BCUT2D eigenvalue weighted by Gasteiger charge is 2.39. The fourth-order valence-electron chi connectivity index (χ4n) is 3.16. The molecule has 1 amide bonds. The van der Waals surface area contributed by atoms with Gasteiger partial charge in [0.05, 0.1) is 29.6 Å². The Kier molecular flexibility index (Phi) is 7.68. The first-order valence-electron chi connectivity index (χ1n) is 9.17. The van der Waals surface area contributed by atoms with Crippen LogP contribution in [0.25, 0.3) is 0 Å². The number of nitrogens with one attached hydrogen (secondary N) is 1. The molecular formula is C18H23F3N4O4S. The predicted octanol–water partition coefficient (Wildman–Crippen LogP) is 1.18. The van der Waals surface area contributed by atoms with E-state index in [-0.39, 0.29) is 44.2 Å². The Morgan fingerprint density at radius 3 is 2.63 bits per heavy atom. The number of rotatable bonds is 7. The van der Waals surface area contributed by atoms with Crippen molar-refractivity contribution in [2.45, 2.75) is 19.1 Å². The quantitative estimate of drug-likeness (QED) is 0.629. The van der Waals surface area contributed by atoms with E-state index in [1.807, 2.05) is 0 Å². The molecule has 1 atom stereocenters. The van der Waals surface area contributed by atoms with Crippen molar-refractivity contribution in [3.05, 3.63) is 29.3 Å². The number of nitrogens with zero attached hydrogens (tertiary/aromatic N) is 3. The molecule has 0 bridgehead atoms. The van der Waals surface area contributed by atoms with E-state index < -0.39 is 39.3 Å². The molecule has 1 aliphatic heterocycles. The number of halogens is 3. The van der Waals surface area contributed by atoms with Gasteiger partial charge in [0, 0.05) is 39.0 Å². The summed E-state index contributed by atoms with van der Waals surface area (Å²) >= 11 is 0. The maximum absolute atomic E-state index is 13.4. The Morgan fingerprint density at radius 2 is 2.07 bits per heavy atom. The van der Waals surface area contributed by atoms with Crippen molar-refractivity contribution < 1.29 is 31.1 Å². The van der Waals surface area contributed by atoms with Crippen molar-refractivity contribution in [1.29, 1.82) is 5.26 Å². The zero-order valence-corrected chi connectivity index (χ0v) is 17.4. The summed E-state index contributed by atoms with van der Waals surface area (Å²) in [5, 5.41) is 11.6. The molecule has 1 aliphatic rings. The van der Waals surface area contributed by atoms with Gasteiger partial charge in [0.1, 0.15) is 6.04 Å². The second kappa shape index (κ2) is 9.63. The molecule has 1 saturated heterocycles. The van der Waals surface area contributed by atoms with Crippen LogP contribution in [-0.2, 0) is 25.7 Å². The zero-order chi connectivity index (χ0) is 22.5. The van der Waals surface area contributed by atoms with Gasteiger partial charge in [-0.05, 0) is 25.1 Å². The number of hydrogen-bond donors (Lipinski definition) is 1. The molecule has 1 N–H and O–H groups in total. The van der Waals surface area contributed by atoms with Gasteiger partial charge in [0.15, 0.2) is 0 Å². The molecule has 1 aromatic rings. The summed E-state index contributed by atoms with van der Waals surface area (Å²) in [6.07, 6.45) is -4.75. The molecule has 1 unspecified atom stereocenters. The number of ether oxygens (including phenoxy) is 1. The summed E-state index contributed by atoms with van der Waals surface area (Å²) in [5.74, 6) is -0.680. The summed E-state index contributed by atoms with van der Waals surface area (Å²) in [7, 11) is -2.13. The number of carbonyl (C=O) groups excluding carboxylic acids is 1. The first-order valence-corrected chi connectivity index (χ1v) is 10.8. The standard InChI is InChI=1S/C18H23F3N4O4S/c1-3-30(27,28)24-7-8-25(16(12-24)17(26)23-6-9-29-2)14-5-4-13(11-22)15(10-14)18(19,20)21/h4-5,10,16H,3,6-9,12H2,1-2H3,(H,23,26). The van der Waals surface area contributed by atoms with Crippen molar-refractivity contribution in [3.8, 4) is 6.07 Å². The van der Waals surface area contributed by atoms with Crippen molar-refractivity contribution in [1.82, 2.24) is 9.62 Å². The fraction of sp³-hybridized carbons (Fsp3) is 0.556. The summed E-state index contributed by atoms with van der Waals surface area (Å²) in [6.45, 7) is 1.72. The monoisotopic (exact) mass is 448 g/mol. The van der Waals surface area contributed by atoms with E-state index in [9.17, 15) is 26.4 Å². The zero-order valence-electron chi connectivity index (χ0n) is 16.6. The van der Waals surface area contributed by atoms with Crippen LogP contribution in [0, 0.1) is 11.3 Å². The third-order valence-corrected chi connectivity index (χ3v) is 6.62. The molecule has 0 saturated carbocycles. The Bertz CT molecular complexity index is 915. The number of sulfonamides is 1.